The third kappa shape index (κ3) is 2.46. The van der Waals surface area contributed by atoms with E-state index in [-0.39, 0.29) is 0 Å². The molecule has 0 bridgehead atoms. The van der Waals surface area contributed by atoms with Crippen molar-refractivity contribution >= 4 is 16.8 Å². The summed E-state index contributed by atoms with van der Waals surface area (Å²) in [6.45, 7) is 1.75. The Morgan fingerprint density at radius 3 is 2.92 bits per heavy atom. The van der Waals surface area contributed by atoms with Gasteiger partial charge in [0.2, 0.25) is 5.91 Å². The monoisotopic (exact) mass is 334 g/mol. The molecule has 3 aromatic rings. The fourth-order valence-electron chi connectivity index (χ4n) is 4.15. The predicted molar refractivity (Wildman–Crippen MR) is 97.0 cm³/mol. The first-order valence-corrected chi connectivity index (χ1v) is 9.06. The highest BCUT2D eigenvalue weighted by molar-refractivity contribution is 5.93. The molecule has 1 saturated carbocycles. The second-order valence-electron chi connectivity index (χ2n) is 7.42. The second kappa shape index (κ2) is 5.48. The van der Waals surface area contributed by atoms with Crippen molar-refractivity contribution in [1.82, 2.24) is 19.0 Å². The van der Waals surface area contributed by atoms with Crippen molar-refractivity contribution in [2.75, 3.05) is 6.54 Å². The highest BCUT2D eigenvalue weighted by atomic mass is 16.2. The number of hydrogen-bond acceptors (Lipinski definition) is 2. The topological polar surface area (TPSA) is 43.1 Å². The normalized spacial score (nSPS) is 20.8. The lowest BCUT2D eigenvalue weighted by Gasteiger charge is -2.16. The Hall–Kier alpha value is -2.56. The first-order chi connectivity index (χ1) is 12.2. The minimum absolute atomic E-state index is 0.333. The Bertz CT molecular complexity index is 950. The highest BCUT2D eigenvalue weighted by Gasteiger charge is 2.39. The van der Waals surface area contributed by atoms with Gasteiger partial charge in [-0.25, -0.2) is 4.98 Å². The molecule has 1 saturated heterocycles. The van der Waals surface area contributed by atoms with E-state index >= 15 is 0 Å². The standard InChI is InChI=1S/C20H22N4O/c1-22-9-7-16-17(3-2-4-18(16)22)20-21-8-10-23(20)12-14-11-19(25)24(13-14)15-5-6-15/h2-4,7-10,14-15H,5-6,11-13H2,1H3. The number of aryl methyl sites for hydroxylation is 1. The summed E-state index contributed by atoms with van der Waals surface area (Å²) in [6, 6.07) is 9.03. The van der Waals surface area contributed by atoms with E-state index in [2.05, 4.69) is 56.5 Å². The van der Waals surface area contributed by atoms with Crippen LogP contribution in [0.25, 0.3) is 22.3 Å². The molecule has 128 valence electrons. The van der Waals surface area contributed by atoms with Gasteiger partial charge in [0.1, 0.15) is 5.82 Å². The van der Waals surface area contributed by atoms with Crippen LogP contribution >= 0.6 is 0 Å². The lowest BCUT2D eigenvalue weighted by Crippen LogP contribution is -2.27. The van der Waals surface area contributed by atoms with Crippen LogP contribution in [0.5, 0.6) is 0 Å². The minimum atomic E-state index is 0.333. The zero-order valence-electron chi connectivity index (χ0n) is 14.4. The molecule has 1 aromatic carbocycles. The number of rotatable bonds is 4. The number of carbonyl (C=O) groups excluding carboxylic acids is 1. The van der Waals surface area contributed by atoms with Crippen LogP contribution in [0.3, 0.4) is 0 Å². The summed E-state index contributed by atoms with van der Waals surface area (Å²) in [4.78, 5) is 19.0. The van der Waals surface area contributed by atoms with Gasteiger partial charge in [-0.2, -0.15) is 0 Å². The van der Waals surface area contributed by atoms with E-state index in [9.17, 15) is 4.79 Å². The number of nitrogens with zero attached hydrogens (tertiary/aromatic N) is 4. The fourth-order valence-corrected chi connectivity index (χ4v) is 4.15. The molecule has 0 radical (unpaired) electrons. The van der Waals surface area contributed by atoms with Crippen LogP contribution < -0.4 is 0 Å². The molecule has 0 spiro atoms. The number of imidazole rings is 1. The summed E-state index contributed by atoms with van der Waals surface area (Å²) in [6.07, 6.45) is 9.04. The van der Waals surface area contributed by atoms with E-state index in [0.717, 1.165) is 24.5 Å². The van der Waals surface area contributed by atoms with Crippen LogP contribution in [0.1, 0.15) is 19.3 Å². The summed E-state index contributed by atoms with van der Waals surface area (Å²) in [5.41, 5.74) is 2.37. The summed E-state index contributed by atoms with van der Waals surface area (Å²) in [7, 11) is 2.06. The van der Waals surface area contributed by atoms with Gasteiger partial charge in [-0.15, -0.1) is 0 Å². The molecule has 5 rings (SSSR count). The zero-order chi connectivity index (χ0) is 17.0. The molecule has 5 heteroatoms. The molecular weight excluding hydrogens is 312 g/mol. The molecule has 5 nitrogen and oxygen atoms in total. The molecule has 1 amide bonds. The summed E-state index contributed by atoms with van der Waals surface area (Å²) < 4.78 is 4.35. The van der Waals surface area contributed by atoms with E-state index in [1.807, 2.05) is 12.4 Å². The van der Waals surface area contributed by atoms with Crippen molar-refractivity contribution < 1.29 is 4.79 Å². The third-order valence-electron chi connectivity index (χ3n) is 5.57. The van der Waals surface area contributed by atoms with Crippen LogP contribution in [0.4, 0.5) is 0 Å². The van der Waals surface area contributed by atoms with E-state index < -0.39 is 0 Å². The minimum Gasteiger partial charge on any atom is -0.351 e. The fraction of sp³-hybridized carbons (Fsp3) is 0.400. The number of carbonyl (C=O) groups is 1. The third-order valence-corrected chi connectivity index (χ3v) is 5.57. The van der Waals surface area contributed by atoms with Crippen LogP contribution in [0.2, 0.25) is 0 Å². The van der Waals surface area contributed by atoms with Gasteiger partial charge in [0.15, 0.2) is 0 Å². The lowest BCUT2D eigenvalue weighted by atomic mass is 10.1. The SMILES string of the molecule is Cn1ccc2c(-c3nccn3CC3CC(=O)N(C4CC4)C3)cccc21. The molecule has 25 heavy (non-hydrogen) atoms. The molecule has 1 atom stereocenters. The molecule has 1 aliphatic heterocycles. The molecule has 1 aliphatic carbocycles. The predicted octanol–water partition coefficient (Wildman–Crippen LogP) is 3.05. The number of fused-ring (bicyclic) bond motifs is 1. The average molecular weight is 334 g/mol. The van der Waals surface area contributed by atoms with Crippen molar-refractivity contribution in [3.05, 3.63) is 42.9 Å². The maximum absolute atomic E-state index is 12.2. The van der Waals surface area contributed by atoms with E-state index in [1.54, 1.807) is 0 Å². The number of aromatic nitrogens is 3. The first-order valence-electron chi connectivity index (χ1n) is 9.06. The van der Waals surface area contributed by atoms with Crippen molar-refractivity contribution in [3.63, 3.8) is 0 Å². The van der Waals surface area contributed by atoms with Crippen LogP contribution in [-0.4, -0.2) is 37.5 Å². The van der Waals surface area contributed by atoms with Crippen molar-refractivity contribution in [3.8, 4) is 11.4 Å². The highest BCUT2D eigenvalue weighted by Crippen LogP contribution is 2.34. The second-order valence-corrected chi connectivity index (χ2v) is 7.42. The van der Waals surface area contributed by atoms with Crippen LogP contribution in [0.15, 0.2) is 42.9 Å². The van der Waals surface area contributed by atoms with E-state index in [4.69, 9.17) is 0 Å². The molecule has 2 aliphatic rings. The number of hydrogen-bond donors (Lipinski definition) is 0. The maximum atomic E-state index is 12.2. The average Bonchev–Trinajstić information content (AvgIpc) is 3.06. The summed E-state index contributed by atoms with van der Waals surface area (Å²) in [5.74, 6) is 1.71. The smallest absolute Gasteiger partial charge is 0.223 e. The zero-order valence-corrected chi connectivity index (χ0v) is 14.4. The largest absolute Gasteiger partial charge is 0.351 e. The molecular formula is C20H22N4O. The van der Waals surface area contributed by atoms with Crippen LogP contribution in [-0.2, 0) is 18.4 Å². The molecule has 2 fully saturated rings. The molecule has 2 aromatic heterocycles. The molecule has 3 heterocycles. The van der Waals surface area contributed by atoms with Gasteiger partial charge in [0.05, 0.1) is 0 Å². The van der Waals surface area contributed by atoms with Crippen molar-refractivity contribution in [1.29, 1.82) is 0 Å². The lowest BCUT2D eigenvalue weighted by molar-refractivity contribution is -0.128. The van der Waals surface area contributed by atoms with Crippen molar-refractivity contribution in [2.45, 2.75) is 31.8 Å². The van der Waals surface area contributed by atoms with Gasteiger partial charge < -0.3 is 14.0 Å². The maximum Gasteiger partial charge on any atom is 0.223 e. The Labute approximate surface area is 146 Å². The van der Waals surface area contributed by atoms with Gasteiger partial charge in [0, 0.05) is 73.6 Å². The molecule has 0 N–H and O–H groups in total. The van der Waals surface area contributed by atoms with Gasteiger partial charge in [0.25, 0.3) is 0 Å². The Morgan fingerprint density at radius 2 is 2.08 bits per heavy atom. The van der Waals surface area contributed by atoms with E-state index in [1.165, 1.54) is 23.7 Å². The Balaban J connectivity index is 1.45. The van der Waals surface area contributed by atoms with Gasteiger partial charge in [-0.05, 0) is 25.0 Å². The summed E-state index contributed by atoms with van der Waals surface area (Å²) >= 11 is 0. The number of benzene rings is 1. The van der Waals surface area contributed by atoms with Crippen LogP contribution in [0, 0.1) is 5.92 Å². The Morgan fingerprint density at radius 1 is 1.20 bits per heavy atom. The summed E-state index contributed by atoms with van der Waals surface area (Å²) in [5, 5.41) is 1.22. The number of likely N-dealkylation sites (tertiary alicyclic amines) is 1. The Kier molecular flexibility index (Phi) is 3.23. The molecule has 1 unspecified atom stereocenters. The quantitative estimate of drug-likeness (QED) is 0.736. The van der Waals surface area contributed by atoms with Gasteiger partial charge in [-0.3, -0.25) is 4.79 Å². The van der Waals surface area contributed by atoms with Crippen molar-refractivity contribution in [2.24, 2.45) is 13.0 Å². The van der Waals surface area contributed by atoms with Gasteiger partial charge in [-0.1, -0.05) is 12.1 Å². The van der Waals surface area contributed by atoms with E-state index in [0.29, 0.717) is 24.3 Å². The first kappa shape index (κ1) is 14.8. The number of amides is 1. The van der Waals surface area contributed by atoms with Gasteiger partial charge >= 0.3 is 0 Å².